The molecule has 1 amide bonds. The SMILES string of the molecule is CC[C@H](C(=O)N1CCc2ccccc21)N(c1ccc(OC)c(Cl)c1)S(C)(=O)=O. The molecule has 0 aliphatic carbocycles. The molecule has 1 aliphatic rings. The highest BCUT2D eigenvalue weighted by Crippen LogP contribution is 2.34. The van der Waals surface area contributed by atoms with Crippen LogP contribution in [0.15, 0.2) is 42.5 Å². The lowest BCUT2D eigenvalue weighted by molar-refractivity contribution is -0.119. The molecule has 0 saturated heterocycles. The minimum absolute atomic E-state index is 0.246. The molecule has 1 heterocycles. The topological polar surface area (TPSA) is 66.9 Å². The average Bonchev–Trinajstić information content (AvgIpc) is 3.08. The number of methoxy groups -OCH3 is 1. The standard InChI is InChI=1S/C20H23ClN2O4S/c1-4-17(20(24)22-12-11-14-7-5-6-8-18(14)22)23(28(3,25)26)15-9-10-19(27-2)16(21)13-15/h5-10,13,17H,4,11-12H2,1-3H3/t17-/m1/s1. The second-order valence-electron chi connectivity index (χ2n) is 6.67. The molecular weight excluding hydrogens is 400 g/mol. The number of carbonyl (C=O) groups excluding carboxylic acids is 1. The number of hydrogen-bond acceptors (Lipinski definition) is 4. The Bertz CT molecular complexity index is 993. The Kier molecular flexibility index (Phi) is 5.86. The Balaban J connectivity index is 2.02. The quantitative estimate of drug-likeness (QED) is 0.714. The molecule has 6 nitrogen and oxygen atoms in total. The maximum absolute atomic E-state index is 13.4. The molecule has 2 aromatic carbocycles. The van der Waals surface area contributed by atoms with Gasteiger partial charge in [0.25, 0.3) is 5.91 Å². The first-order chi connectivity index (χ1) is 13.3. The summed E-state index contributed by atoms with van der Waals surface area (Å²) in [6, 6.07) is 11.5. The predicted molar refractivity (Wildman–Crippen MR) is 112 cm³/mol. The molecule has 0 N–H and O–H groups in total. The number of carbonyl (C=O) groups is 1. The van der Waals surface area contributed by atoms with Crippen LogP contribution in [0.2, 0.25) is 5.02 Å². The van der Waals surface area contributed by atoms with Gasteiger partial charge in [-0.3, -0.25) is 9.10 Å². The van der Waals surface area contributed by atoms with Crippen LogP contribution < -0.4 is 13.9 Å². The lowest BCUT2D eigenvalue weighted by Gasteiger charge is -2.33. The van der Waals surface area contributed by atoms with Crippen molar-refractivity contribution < 1.29 is 17.9 Å². The van der Waals surface area contributed by atoms with Gasteiger partial charge in [0.05, 0.1) is 24.1 Å². The predicted octanol–water partition coefficient (Wildman–Crippen LogP) is 3.48. The van der Waals surface area contributed by atoms with Gasteiger partial charge in [-0.1, -0.05) is 36.7 Å². The van der Waals surface area contributed by atoms with Crippen molar-refractivity contribution in [3.05, 3.63) is 53.1 Å². The smallest absolute Gasteiger partial charge is 0.250 e. The van der Waals surface area contributed by atoms with E-state index in [0.717, 1.165) is 28.2 Å². The fourth-order valence-corrected chi connectivity index (χ4v) is 5.03. The fourth-order valence-electron chi connectivity index (χ4n) is 3.58. The zero-order chi connectivity index (χ0) is 20.5. The molecule has 0 unspecified atom stereocenters. The molecule has 1 aliphatic heterocycles. The Morgan fingerprint density at radius 1 is 1.29 bits per heavy atom. The molecular formula is C20H23ClN2O4S. The van der Waals surface area contributed by atoms with Crippen molar-refractivity contribution in [2.75, 3.05) is 29.1 Å². The molecule has 8 heteroatoms. The van der Waals surface area contributed by atoms with Crippen LogP contribution in [-0.4, -0.2) is 40.3 Å². The number of hydrogen-bond donors (Lipinski definition) is 0. The maximum Gasteiger partial charge on any atom is 0.250 e. The molecule has 1 atom stereocenters. The maximum atomic E-state index is 13.4. The number of amides is 1. The number of para-hydroxylation sites is 1. The van der Waals surface area contributed by atoms with Crippen molar-refractivity contribution >= 4 is 38.9 Å². The molecule has 3 rings (SSSR count). The first-order valence-corrected chi connectivity index (χ1v) is 11.2. The first kappa shape index (κ1) is 20.5. The molecule has 0 saturated carbocycles. The highest BCUT2D eigenvalue weighted by Gasteiger charge is 2.36. The van der Waals surface area contributed by atoms with E-state index >= 15 is 0 Å². The van der Waals surface area contributed by atoms with Crippen LogP contribution in [0, 0.1) is 0 Å². The van der Waals surface area contributed by atoms with Gasteiger partial charge in [-0.05, 0) is 42.7 Å². The van der Waals surface area contributed by atoms with E-state index in [1.807, 2.05) is 24.3 Å². The zero-order valence-electron chi connectivity index (χ0n) is 16.1. The summed E-state index contributed by atoms with van der Waals surface area (Å²) in [5, 5.41) is 0.280. The number of fused-ring (bicyclic) bond motifs is 1. The number of ether oxygens (including phenoxy) is 1. The van der Waals surface area contributed by atoms with Crippen LogP contribution in [0.25, 0.3) is 0 Å². The average molecular weight is 423 g/mol. The largest absolute Gasteiger partial charge is 0.495 e. The third-order valence-electron chi connectivity index (χ3n) is 4.86. The van der Waals surface area contributed by atoms with E-state index in [-0.39, 0.29) is 10.9 Å². The van der Waals surface area contributed by atoms with Gasteiger partial charge in [0.2, 0.25) is 10.0 Å². The fraction of sp³-hybridized carbons (Fsp3) is 0.350. The third-order valence-corrected chi connectivity index (χ3v) is 6.33. The van der Waals surface area contributed by atoms with Crippen molar-refractivity contribution in [3.8, 4) is 5.75 Å². The zero-order valence-corrected chi connectivity index (χ0v) is 17.6. The highest BCUT2D eigenvalue weighted by atomic mass is 35.5. The number of halogens is 1. The summed E-state index contributed by atoms with van der Waals surface area (Å²) in [7, 11) is -2.25. The summed E-state index contributed by atoms with van der Waals surface area (Å²) in [5.41, 5.74) is 2.26. The van der Waals surface area contributed by atoms with Gasteiger partial charge in [-0.2, -0.15) is 0 Å². The van der Waals surface area contributed by atoms with Gasteiger partial charge in [-0.15, -0.1) is 0 Å². The van der Waals surface area contributed by atoms with Crippen LogP contribution in [0.1, 0.15) is 18.9 Å². The lowest BCUT2D eigenvalue weighted by Crippen LogP contribution is -2.50. The Morgan fingerprint density at radius 3 is 2.61 bits per heavy atom. The number of sulfonamides is 1. The summed E-state index contributed by atoms with van der Waals surface area (Å²) >= 11 is 6.20. The highest BCUT2D eigenvalue weighted by molar-refractivity contribution is 7.92. The van der Waals surface area contributed by atoms with Crippen LogP contribution in [-0.2, 0) is 21.2 Å². The van der Waals surface area contributed by atoms with Crippen LogP contribution in [0.4, 0.5) is 11.4 Å². The van der Waals surface area contributed by atoms with Crippen molar-refractivity contribution in [1.29, 1.82) is 0 Å². The summed E-state index contributed by atoms with van der Waals surface area (Å²) in [4.78, 5) is 15.0. The number of rotatable bonds is 6. The van der Waals surface area contributed by atoms with Gasteiger partial charge < -0.3 is 9.64 Å². The Morgan fingerprint density at radius 2 is 2.00 bits per heavy atom. The minimum atomic E-state index is -3.73. The summed E-state index contributed by atoms with van der Waals surface area (Å²) in [6.07, 6.45) is 2.18. The van der Waals surface area contributed by atoms with Crippen LogP contribution in [0.5, 0.6) is 5.75 Å². The molecule has 0 bridgehead atoms. The molecule has 2 aromatic rings. The van der Waals surface area contributed by atoms with Crippen molar-refractivity contribution in [2.45, 2.75) is 25.8 Å². The Labute approximate surface area is 170 Å². The van der Waals surface area contributed by atoms with E-state index in [0.29, 0.717) is 24.4 Å². The molecule has 0 spiro atoms. The van der Waals surface area contributed by atoms with E-state index in [4.69, 9.17) is 16.3 Å². The third kappa shape index (κ3) is 3.82. The number of benzene rings is 2. The summed E-state index contributed by atoms with van der Waals surface area (Å²) < 4.78 is 31.6. The number of anilines is 2. The van der Waals surface area contributed by atoms with Crippen molar-refractivity contribution in [1.82, 2.24) is 0 Å². The van der Waals surface area contributed by atoms with E-state index in [2.05, 4.69) is 0 Å². The normalized spacial score (nSPS) is 14.5. The summed E-state index contributed by atoms with van der Waals surface area (Å²) in [5.74, 6) is 0.191. The first-order valence-electron chi connectivity index (χ1n) is 9.00. The van der Waals surface area contributed by atoms with Crippen molar-refractivity contribution in [3.63, 3.8) is 0 Å². The van der Waals surface area contributed by atoms with E-state index in [9.17, 15) is 13.2 Å². The lowest BCUT2D eigenvalue weighted by atomic mass is 10.1. The van der Waals surface area contributed by atoms with Crippen LogP contribution in [0.3, 0.4) is 0 Å². The van der Waals surface area contributed by atoms with E-state index in [1.165, 1.54) is 13.2 Å². The van der Waals surface area contributed by atoms with Crippen molar-refractivity contribution in [2.24, 2.45) is 0 Å². The number of nitrogens with zero attached hydrogens (tertiary/aromatic N) is 2. The van der Waals surface area contributed by atoms with Gasteiger partial charge in [-0.25, -0.2) is 8.42 Å². The summed E-state index contributed by atoms with van der Waals surface area (Å²) in [6.45, 7) is 2.34. The molecule has 0 aromatic heterocycles. The molecule has 150 valence electrons. The van der Waals surface area contributed by atoms with E-state index in [1.54, 1.807) is 24.0 Å². The Hall–Kier alpha value is -2.25. The van der Waals surface area contributed by atoms with E-state index < -0.39 is 16.1 Å². The van der Waals surface area contributed by atoms with Crippen LogP contribution >= 0.6 is 11.6 Å². The molecule has 0 radical (unpaired) electrons. The molecule has 0 fully saturated rings. The second-order valence-corrected chi connectivity index (χ2v) is 8.94. The molecule has 28 heavy (non-hydrogen) atoms. The monoisotopic (exact) mass is 422 g/mol. The van der Waals surface area contributed by atoms with Gasteiger partial charge >= 0.3 is 0 Å². The second kappa shape index (κ2) is 8.01. The van der Waals surface area contributed by atoms with Gasteiger partial charge in [0.1, 0.15) is 11.8 Å². The van der Waals surface area contributed by atoms with Gasteiger partial charge in [0.15, 0.2) is 0 Å². The minimum Gasteiger partial charge on any atom is -0.495 e. The van der Waals surface area contributed by atoms with Gasteiger partial charge in [0, 0.05) is 12.2 Å².